The van der Waals surface area contributed by atoms with Gasteiger partial charge in [-0.05, 0) is 80.2 Å². The Bertz CT molecular complexity index is 1680. The average Bonchev–Trinajstić information content (AvgIpc) is 3.37. The Kier molecular flexibility index (Phi) is 10.6. The minimum Gasteiger partial charge on any atom is -0.370 e. The fourth-order valence-corrected chi connectivity index (χ4v) is 5.67. The van der Waals surface area contributed by atoms with Crippen molar-refractivity contribution in [3.8, 4) is 16.9 Å². The molecular formula is C28H32ClF3N8O2S. The van der Waals surface area contributed by atoms with E-state index in [1.807, 2.05) is 12.1 Å². The third-order valence-electron chi connectivity index (χ3n) is 6.58. The van der Waals surface area contributed by atoms with E-state index in [9.17, 15) is 22.2 Å². The smallest absolute Gasteiger partial charge is 0.370 e. The molecule has 0 saturated heterocycles. The van der Waals surface area contributed by atoms with Crippen molar-refractivity contribution >= 4 is 39.4 Å². The molecule has 15 heteroatoms. The lowest BCUT2D eigenvalue weighted by Crippen LogP contribution is -2.23. The summed E-state index contributed by atoms with van der Waals surface area (Å²) in [6.45, 7) is 2.31. The van der Waals surface area contributed by atoms with E-state index >= 15 is 0 Å². The van der Waals surface area contributed by atoms with Gasteiger partial charge in [-0.3, -0.25) is 9.56 Å². The number of hydrogen-bond acceptors (Lipinski definition) is 6. The number of aryl methyl sites for hydroxylation is 1. The number of hydrogen-bond donors (Lipinski definition) is 5. The molecule has 2 aromatic carbocycles. The van der Waals surface area contributed by atoms with E-state index < -0.39 is 26.9 Å². The summed E-state index contributed by atoms with van der Waals surface area (Å²) < 4.78 is 53.9. The lowest BCUT2D eigenvalue weighted by Gasteiger charge is -2.14. The molecule has 0 aliphatic heterocycles. The molecule has 1 unspecified atom stereocenters. The van der Waals surface area contributed by atoms with E-state index in [0.29, 0.717) is 61.2 Å². The number of unbranched alkanes of at least 4 members (excludes halogenated alkanes) is 1. The van der Waals surface area contributed by atoms with Crippen molar-refractivity contribution < 1.29 is 17.4 Å². The molecule has 0 bridgehead atoms. The zero-order valence-electron chi connectivity index (χ0n) is 23.1. The van der Waals surface area contributed by atoms with Crippen molar-refractivity contribution in [3.63, 3.8) is 0 Å². The second kappa shape index (κ2) is 14.2. The number of H-pyrrole nitrogens is 1. The number of fused-ring (bicyclic) bond motifs is 1. The normalized spacial score (nSPS) is 12.5. The van der Waals surface area contributed by atoms with Crippen molar-refractivity contribution in [2.75, 3.05) is 19.6 Å². The fourth-order valence-electron chi connectivity index (χ4n) is 4.47. The van der Waals surface area contributed by atoms with Crippen LogP contribution in [-0.2, 0) is 23.8 Å². The van der Waals surface area contributed by atoms with Gasteiger partial charge in [-0.2, -0.15) is 18.2 Å². The molecule has 0 radical (unpaired) electrons. The highest BCUT2D eigenvalue weighted by Crippen LogP contribution is 2.38. The van der Waals surface area contributed by atoms with Crippen molar-refractivity contribution in [3.05, 3.63) is 75.3 Å². The van der Waals surface area contributed by atoms with Gasteiger partial charge in [-0.15, -0.1) is 0 Å². The Morgan fingerprint density at radius 1 is 1.09 bits per heavy atom. The van der Waals surface area contributed by atoms with Crippen LogP contribution in [0.25, 0.3) is 28.0 Å². The molecule has 0 spiro atoms. The van der Waals surface area contributed by atoms with Gasteiger partial charge < -0.3 is 27.5 Å². The molecule has 0 aliphatic rings. The SMILES string of the molecule is NCCCCc1cc(-c2cc3cn(-c4ccc(CNCCCN=C(N)N)cc4)c(=O)nc3[nH]2)c(Cl)c(S(=O)C(F)(F)F)c1. The molecule has 0 amide bonds. The summed E-state index contributed by atoms with van der Waals surface area (Å²) in [6, 6.07) is 11.9. The number of aliphatic imine (C=N–C) groups is 1. The van der Waals surface area contributed by atoms with Crippen LogP contribution >= 0.6 is 11.6 Å². The minimum absolute atomic E-state index is 0.0641. The number of rotatable bonds is 13. The largest absolute Gasteiger partial charge is 0.475 e. The molecule has 4 aromatic rings. The van der Waals surface area contributed by atoms with Crippen LogP contribution in [0.1, 0.15) is 30.4 Å². The molecule has 2 aromatic heterocycles. The predicted octanol–water partition coefficient (Wildman–Crippen LogP) is 3.70. The molecule has 10 nitrogen and oxygen atoms in total. The quantitative estimate of drug-likeness (QED) is 0.0846. The van der Waals surface area contributed by atoms with Gasteiger partial charge in [0.15, 0.2) is 16.8 Å². The second-order valence-electron chi connectivity index (χ2n) is 9.80. The first-order valence-electron chi connectivity index (χ1n) is 13.5. The molecule has 0 aliphatic carbocycles. The maximum absolute atomic E-state index is 13.4. The van der Waals surface area contributed by atoms with Gasteiger partial charge in [0.2, 0.25) is 0 Å². The van der Waals surface area contributed by atoms with Gasteiger partial charge in [-0.25, -0.2) is 9.00 Å². The van der Waals surface area contributed by atoms with Crippen LogP contribution in [0.3, 0.4) is 0 Å². The van der Waals surface area contributed by atoms with Gasteiger partial charge in [0, 0.05) is 35.9 Å². The number of aromatic nitrogens is 3. The summed E-state index contributed by atoms with van der Waals surface area (Å²) in [7, 11) is -3.33. The van der Waals surface area contributed by atoms with E-state index in [-0.39, 0.29) is 22.2 Å². The Labute approximate surface area is 253 Å². The molecular weight excluding hydrogens is 605 g/mol. The van der Waals surface area contributed by atoms with E-state index in [1.54, 1.807) is 30.5 Å². The Morgan fingerprint density at radius 2 is 1.84 bits per heavy atom. The number of benzene rings is 2. The lowest BCUT2D eigenvalue weighted by molar-refractivity contribution is -0.0384. The Morgan fingerprint density at radius 3 is 2.51 bits per heavy atom. The Balaban J connectivity index is 1.61. The van der Waals surface area contributed by atoms with Gasteiger partial charge in [-0.1, -0.05) is 23.7 Å². The van der Waals surface area contributed by atoms with Crippen molar-refractivity contribution in [2.24, 2.45) is 22.2 Å². The zero-order valence-corrected chi connectivity index (χ0v) is 24.7. The molecule has 43 heavy (non-hydrogen) atoms. The first-order valence-corrected chi connectivity index (χ1v) is 15.0. The van der Waals surface area contributed by atoms with Crippen molar-refractivity contribution in [1.29, 1.82) is 0 Å². The van der Waals surface area contributed by atoms with E-state index in [1.165, 1.54) is 10.6 Å². The summed E-state index contributed by atoms with van der Waals surface area (Å²) in [6.07, 6.45) is 4.11. The second-order valence-corrected chi connectivity index (χ2v) is 11.6. The summed E-state index contributed by atoms with van der Waals surface area (Å²) >= 11 is 6.41. The number of guanidine groups is 1. The molecule has 8 N–H and O–H groups in total. The first-order chi connectivity index (χ1) is 20.5. The number of alkyl halides is 3. The molecule has 230 valence electrons. The molecule has 2 heterocycles. The third kappa shape index (κ3) is 8.22. The third-order valence-corrected chi connectivity index (χ3v) is 8.24. The fraction of sp³-hybridized carbons (Fsp3) is 0.321. The van der Waals surface area contributed by atoms with Gasteiger partial charge >= 0.3 is 11.2 Å². The average molecular weight is 637 g/mol. The highest BCUT2D eigenvalue weighted by Gasteiger charge is 2.39. The first kappa shape index (κ1) is 32.2. The lowest BCUT2D eigenvalue weighted by atomic mass is 10.0. The minimum atomic E-state index is -4.98. The molecule has 0 saturated carbocycles. The van der Waals surface area contributed by atoms with Crippen LogP contribution < -0.4 is 28.2 Å². The highest BCUT2D eigenvalue weighted by atomic mass is 35.5. The van der Waals surface area contributed by atoms with Crippen molar-refractivity contribution in [2.45, 2.75) is 42.6 Å². The zero-order chi connectivity index (χ0) is 31.1. The summed E-state index contributed by atoms with van der Waals surface area (Å²) in [5, 5.41) is 3.54. The predicted molar refractivity (Wildman–Crippen MR) is 164 cm³/mol. The highest BCUT2D eigenvalue weighted by molar-refractivity contribution is 7.86. The van der Waals surface area contributed by atoms with Crippen LogP contribution in [0, 0.1) is 0 Å². The van der Waals surface area contributed by atoms with E-state index in [2.05, 4.69) is 20.3 Å². The molecule has 0 fully saturated rings. The molecule has 4 rings (SSSR count). The number of nitrogens with one attached hydrogen (secondary N) is 2. The van der Waals surface area contributed by atoms with Crippen LogP contribution in [0.15, 0.2) is 63.3 Å². The van der Waals surface area contributed by atoms with Crippen LogP contribution in [0.4, 0.5) is 13.2 Å². The summed E-state index contributed by atoms with van der Waals surface area (Å²) in [5.41, 5.74) is 13.6. The number of nitrogens with zero attached hydrogens (tertiary/aromatic N) is 3. The standard InChI is InChI=1S/C28H32ClF3N8O2S/c29-24-21(12-18(4-1-2-9-33)13-23(24)43(42)28(30,31)32)22-14-19-16-40(27(41)39-25(19)38-22)20-7-5-17(6-8-20)15-36-10-3-11-37-26(34)35/h5-8,12-14,16,36H,1-4,9-11,15,33H2,(H4,34,35,37)(H,38,39,41). The maximum atomic E-state index is 13.4. The van der Waals surface area contributed by atoms with Crippen LogP contribution in [-0.4, -0.2) is 49.8 Å². The van der Waals surface area contributed by atoms with Gasteiger partial charge in [0.1, 0.15) is 5.65 Å². The van der Waals surface area contributed by atoms with Gasteiger partial charge in [0.25, 0.3) is 0 Å². The monoisotopic (exact) mass is 636 g/mol. The molecule has 1 atom stereocenters. The number of aromatic amines is 1. The summed E-state index contributed by atoms with van der Waals surface area (Å²) in [4.78, 5) is 23.4. The topological polar surface area (TPSA) is 170 Å². The number of halogens is 4. The van der Waals surface area contributed by atoms with Crippen molar-refractivity contribution in [1.82, 2.24) is 19.9 Å². The maximum Gasteiger partial charge on any atom is 0.475 e. The van der Waals surface area contributed by atoms with E-state index in [0.717, 1.165) is 18.5 Å². The van der Waals surface area contributed by atoms with Gasteiger partial charge in [0.05, 0.1) is 15.6 Å². The van der Waals surface area contributed by atoms with Crippen LogP contribution in [0.5, 0.6) is 0 Å². The van der Waals surface area contributed by atoms with Crippen LogP contribution in [0.2, 0.25) is 5.02 Å². The number of nitrogens with two attached hydrogens (primary N) is 3. The van der Waals surface area contributed by atoms with E-state index in [4.69, 9.17) is 28.8 Å². The Hall–Kier alpha value is -3.72. The summed E-state index contributed by atoms with van der Waals surface area (Å²) in [5.74, 6) is 0.0641.